The Morgan fingerprint density at radius 3 is 2.79 bits per heavy atom. The largest absolute Gasteiger partial charge is 0.409 e. The van der Waals surface area contributed by atoms with Crippen molar-refractivity contribution in [2.45, 2.75) is 45.1 Å². The van der Waals surface area contributed by atoms with Crippen molar-refractivity contribution in [1.82, 2.24) is 4.90 Å². The monoisotopic (exact) mass is 269 g/mol. The van der Waals surface area contributed by atoms with Crippen LogP contribution in [0, 0.1) is 5.41 Å². The van der Waals surface area contributed by atoms with Gasteiger partial charge >= 0.3 is 0 Å². The summed E-state index contributed by atoms with van der Waals surface area (Å²) in [6.45, 7) is 3.50. The summed E-state index contributed by atoms with van der Waals surface area (Å²) in [5.74, 6) is 0.251. The molecule has 2 rings (SSSR count). The van der Waals surface area contributed by atoms with Crippen LogP contribution in [-0.2, 0) is 9.53 Å². The second-order valence-corrected chi connectivity index (χ2v) is 5.48. The predicted molar refractivity (Wildman–Crippen MR) is 70.9 cm³/mol. The van der Waals surface area contributed by atoms with Crippen molar-refractivity contribution >= 4 is 11.7 Å². The fourth-order valence-electron chi connectivity index (χ4n) is 3.18. The fraction of sp³-hybridized carbons (Fsp3) is 0.846. The van der Waals surface area contributed by atoms with Crippen LogP contribution in [0.2, 0.25) is 0 Å². The molecule has 1 saturated carbocycles. The second kappa shape index (κ2) is 5.77. The SMILES string of the molecule is CCC1(C(=O)N2CCOC(C(N)=NO)C2)CCCC1. The van der Waals surface area contributed by atoms with Gasteiger partial charge in [-0.1, -0.05) is 24.9 Å². The van der Waals surface area contributed by atoms with E-state index in [2.05, 4.69) is 12.1 Å². The smallest absolute Gasteiger partial charge is 0.228 e. The molecule has 0 aromatic carbocycles. The molecule has 1 amide bonds. The number of hydrogen-bond donors (Lipinski definition) is 2. The molecule has 3 N–H and O–H groups in total. The Hall–Kier alpha value is -1.30. The highest BCUT2D eigenvalue weighted by molar-refractivity contribution is 5.87. The summed E-state index contributed by atoms with van der Waals surface area (Å²) in [5, 5.41) is 11.7. The quantitative estimate of drug-likeness (QED) is 0.345. The second-order valence-electron chi connectivity index (χ2n) is 5.48. The molecule has 2 fully saturated rings. The first-order valence-electron chi connectivity index (χ1n) is 7.01. The molecule has 1 aliphatic heterocycles. The maximum absolute atomic E-state index is 12.7. The summed E-state index contributed by atoms with van der Waals surface area (Å²) < 4.78 is 5.43. The van der Waals surface area contributed by atoms with E-state index in [1.54, 1.807) is 0 Å². The third-order valence-corrected chi connectivity index (χ3v) is 4.49. The van der Waals surface area contributed by atoms with Gasteiger partial charge in [0.2, 0.25) is 5.91 Å². The average molecular weight is 269 g/mol. The number of carbonyl (C=O) groups excluding carboxylic acids is 1. The number of carbonyl (C=O) groups is 1. The van der Waals surface area contributed by atoms with Crippen LogP contribution in [0.5, 0.6) is 0 Å². The van der Waals surface area contributed by atoms with Crippen molar-refractivity contribution < 1.29 is 14.7 Å². The van der Waals surface area contributed by atoms with Gasteiger partial charge in [0.15, 0.2) is 5.84 Å². The lowest BCUT2D eigenvalue weighted by atomic mass is 9.81. The summed E-state index contributed by atoms with van der Waals surface area (Å²) >= 11 is 0. The van der Waals surface area contributed by atoms with E-state index in [0.717, 1.165) is 32.1 Å². The Labute approximate surface area is 113 Å². The minimum absolute atomic E-state index is 0.0365. The normalized spacial score (nSPS) is 27.5. The van der Waals surface area contributed by atoms with E-state index in [1.807, 2.05) is 4.90 Å². The molecular formula is C13H23N3O3. The Kier molecular flexibility index (Phi) is 4.29. The van der Waals surface area contributed by atoms with E-state index in [9.17, 15) is 4.79 Å². The number of ether oxygens (including phenoxy) is 1. The molecule has 1 unspecified atom stereocenters. The Bertz CT molecular complexity index is 364. The number of amides is 1. The minimum Gasteiger partial charge on any atom is -0.409 e. The number of oxime groups is 1. The van der Waals surface area contributed by atoms with E-state index in [1.165, 1.54) is 0 Å². The fourth-order valence-corrected chi connectivity index (χ4v) is 3.18. The minimum atomic E-state index is -0.488. The number of morpholine rings is 1. The standard InChI is InChI=1S/C13H23N3O3/c1-2-13(5-3-4-6-13)12(17)16-7-8-19-10(9-16)11(14)15-18/h10,18H,2-9H2,1H3,(H2,14,15). The molecule has 0 bridgehead atoms. The van der Waals surface area contributed by atoms with Crippen LogP contribution < -0.4 is 5.73 Å². The Morgan fingerprint density at radius 1 is 1.53 bits per heavy atom. The van der Waals surface area contributed by atoms with Crippen molar-refractivity contribution in [2.75, 3.05) is 19.7 Å². The van der Waals surface area contributed by atoms with Crippen molar-refractivity contribution in [3.63, 3.8) is 0 Å². The number of amidine groups is 1. The van der Waals surface area contributed by atoms with Crippen LogP contribution in [-0.4, -0.2) is 47.7 Å². The highest BCUT2D eigenvalue weighted by Gasteiger charge is 2.43. The Balaban J connectivity index is 2.06. The maximum Gasteiger partial charge on any atom is 0.228 e. The van der Waals surface area contributed by atoms with Gasteiger partial charge in [0.05, 0.1) is 13.2 Å². The molecule has 1 heterocycles. The molecule has 0 spiro atoms. The van der Waals surface area contributed by atoms with Crippen molar-refractivity contribution in [1.29, 1.82) is 0 Å². The third-order valence-electron chi connectivity index (χ3n) is 4.49. The lowest BCUT2D eigenvalue weighted by molar-refractivity contribution is -0.147. The predicted octanol–water partition coefficient (Wildman–Crippen LogP) is 0.931. The lowest BCUT2D eigenvalue weighted by Crippen LogP contribution is -2.54. The molecule has 1 aliphatic carbocycles. The first-order valence-corrected chi connectivity index (χ1v) is 7.01. The third kappa shape index (κ3) is 2.68. The van der Waals surface area contributed by atoms with Gasteiger partial charge < -0.3 is 20.6 Å². The summed E-state index contributed by atoms with van der Waals surface area (Å²) in [4.78, 5) is 14.6. The molecule has 6 nitrogen and oxygen atoms in total. The van der Waals surface area contributed by atoms with E-state index < -0.39 is 6.10 Å². The Morgan fingerprint density at radius 2 is 2.21 bits per heavy atom. The average Bonchev–Trinajstić information content (AvgIpc) is 2.96. The molecule has 1 atom stereocenters. The maximum atomic E-state index is 12.7. The number of hydrogen-bond acceptors (Lipinski definition) is 4. The molecule has 1 saturated heterocycles. The van der Waals surface area contributed by atoms with Gasteiger partial charge in [0.1, 0.15) is 6.10 Å². The van der Waals surface area contributed by atoms with Crippen molar-refractivity contribution in [2.24, 2.45) is 16.3 Å². The molecule has 108 valence electrons. The molecule has 19 heavy (non-hydrogen) atoms. The molecule has 6 heteroatoms. The number of nitrogens with two attached hydrogens (primary N) is 1. The molecular weight excluding hydrogens is 246 g/mol. The zero-order valence-corrected chi connectivity index (χ0v) is 11.5. The summed E-state index contributed by atoms with van der Waals surface area (Å²) in [6, 6.07) is 0. The van der Waals surface area contributed by atoms with Gasteiger partial charge in [0.25, 0.3) is 0 Å². The number of nitrogens with zero attached hydrogens (tertiary/aromatic N) is 2. The van der Waals surface area contributed by atoms with E-state index in [-0.39, 0.29) is 17.2 Å². The zero-order chi connectivity index (χ0) is 13.9. The van der Waals surface area contributed by atoms with Crippen LogP contribution in [0.25, 0.3) is 0 Å². The molecule has 2 aliphatic rings. The van der Waals surface area contributed by atoms with Crippen LogP contribution in [0.4, 0.5) is 0 Å². The number of rotatable bonds is 3. The van der Waals surface area contributed by atoms with Gasteiger partial charge in [-0.2, -0.15) is 0 Å². The van der Waals surface area contributed by atoms with Crippen LogP contribution >= 0.6 is 0 Å². The van der Waals surface area contributed by atoms with Gasteiger partial charge in [-0.25, -0.2) is 0 Å². The van der Waals surface area contributed by atoms with E-state index >= 15 is 0 Å². The summed E-state index contributed by atoms with van der Waals surface area (Å²) in [7, 11) is 0. The van der Waals surface area contributed by atoms with Gasteiger partial charge in [-0.05, 0) is 19.3 Å². The van der Waals surface area contributed by atoms with E-state index in [0.29, 0.717) is 19.7 Å². The summed E-state index contributed by atoms with van der Waals surface area (Å²) in [5.41, 5.74) is 5.38. The highest BCUT2D eigenvalue weighted by atomic mass is 16.5. The van der Waals surface area contributed by atoms with Crippen molar-refractivity contribution in [3.05, 3.63) is 0 Å². The molecule has 0 aromatic heterocycles. The lowest BCUT2D eigenvalue weighted by Gasteiger charge is -2.38. The highest BCUT2D eigenvalue weighted by Crippen LogP contribution is 2.42. The van der Waals surface area contributed by atoms with Crippen LogP contribution in [0.15, 0.2) is 5.16 Å². The first-order chi connectivity index (χ1) is 9.13. The summed E-state index contributed by atoms with van der Waals surface area (Å²) in [6.07, 6.45) is 4.62. The van der Waals surface area contributed by atoms with Gasteiger partial charge in [0, 0.05) is 12.0 Å². The van der Waals surface area contributed by atoms with Crippen LogP contribution in [0.1, 0.15) is 39.0 Å². The van der Waals surface area contributed by atoms with Gasteiger partial charge in [-0.3, -0.25) is 4.79 Å². The topological polar surface area (TPSA) is 88.2 Å². The molecule has 0 aromatic rings. The van der Waals surface area contributed by atoms with Crippen LogP contribution in [0.3, 0.4) is 0 Å². The van der Waals surface area contributed by atoms with Gasteiger partial charge in [-0.15, -0.1) is 0 Å². The molecule has 0 radical (unpaired) electrons. The first kappa shape index (κ1) is 14.1. The van der Waals surface area contributed by atoms with Crippen molar-refractivity contribution in [3.8, 4) is 0 Å². The van der Waals surface area contributed by atoms with E-state index in [4.69, 9.17) is 15.7 Å². The zero-order valence-electron chi connectivity index (χ0n) is 11.5.